The second-order valence-corrected chi connectivity index (χ2v) is 4.75. The maximum absolute atomic E-state index is 11.8. The van der Waals surface area contributed by atoms with E-state index < -0.39 is 0 Å². The molecule has 0 aromatic rings. The van der Waals surface area contributed by atoms with Gasteiger partial charge in [0, 0.05) is 12.3 Å². The van der Waals surface area contributed by atoms with Crippen molar-refractivity contribution in [3.8, 4) is 0 Å². The van der Waals surface area contributed by atoms with Crippen molar-refractivity contribution in [2.45, 2.75) is 32.1 Å². The molecule has 1 N–H and O–H groups in total. The van der Waals surface area contributed by atoms with Crippen molar-refractivity contribution in [2.75, 3.05) is 33.7 Å². The predicted octanol–water partition coefficient (Wildman–Crippen LogP) is 1.29. The minimum absolute atomic E-state index is 0.352. The lowest BCUT2D eigenvalue weighted by Crippen LogP contribution is -2.31. The zero-order valence-electron chi connectivity index (χ0n) is 10.1. The van der Waals surface area contributed by atoms with Gasteiger partial charge in [-0.25, -0.2) is 0 Å². The molecule has 1 fully saturated rings. The standard InChI is InChI=1S/C12H24N2O/c1-14(2)10-4-3-5-12(15)11-6-8-13-9-7-11/h11,13H,3-10H2,1-2H3. The van der Waals surface area contributed by atoms with Gasteiger partial charge >= 0.3 is 0 Å². The van der Waals surface area contributed by atoms with Crippen molar-refractivity contribution >= 4 is 5.78 Å². The van der Waals surface area contributed by atoms with Crippen LogP contribution in [0, 0.1) is 5.92 Å². The molecule has 1 rings (SSSR count). The van der Waals surface area contributed by atoms with Gasteiger partial charge in [0.2, 0.25) is 0 Å². The monoisotopic (exact) mass is 212 g/mol. The summed E-state index contributed by atoms with van der Waals surface area (Å²) in [6.45, 7) is 3.14. The first kappa shape index (κ1) is 12.7. The number of nitrogens with one attached hydrogen (secondary N) is 1. The molecule has 0 spiro atoms. The van der Waals surface area contributed by atoms with Crippen molar-refractivity contribution in [1.82, 2.24) is 10.2 Å². The highest BCUT2D eigenvalue weighted by Crippen LogP contribution is 2.15. The number of carbonyl (C=O) groups excluding carboxylic acids is 1. The number of ketones is 1. The Morgan fingerprint density at radius 2 is 1.93 bits per heavy atom. The fraction of sp³-hybridized carbons (Fsp3) is 0.917. The van der Waals surface area contributed by atoms with Crippen molar-refractivity contribution < 1.29 is 4.79 Å². The summed E-state index contributed by atoms with van der Waals surface area (Å²) in [5.41, 5.74) is 0. The first-order chi connectivity index (χ1) is 7.20. The van der Waals surface area contributed by atoms with Crippen molar-refractivity contribution in [1.29, 1.82) is 0 Å². The van der Waals surface area contributed by atoms with Crippen LogP contribution in [-0.4, -0.2) is 44.4 Å². The maximum atomic E-state index is 11.8. The van der Waals surface area contributed by atoms with Gasteiger partial charge in [-0.05, 0) is 59.4 Å². The van der Waals surface area contributed by atoms with Crippen LogP contribution in [0.4, 0.5) is 0 Å². The molecule has 15 heavy (non-hydrogen) atoms. The highest BCUT2D eigenvalue weighted by Gasteiger charge is 2.19. The largest absolute Gasteiger partial charge is 0.317 e. The SMILES string of the molecule is CN(C)CCCCC(=O)C1CCNCC1. The molecule has 0 aromatic carbocycles. The summed E-state index contributed by atoms with van der Waals surface area (Å²) < 4.78 is 0. The van der Waals surface area contributed by atoms with Crippen LogP contribution in [0.1, 0.15) is 32.1 Å². The van der Waals surface area contributed by atoms with Crippen molar-refractivity contribution in [2.24, 2.45) is 5.92 Å². The van der Waals surface area contributed by atoms with Crippen molar-refractivity contribution in [3.63, 3.8) is 0 Å². The molecule has 0 unspecified atom stereocenters. The Bertz CT molecular complexity index is 186. The lowest BCUT2D eigenvalue weighted by Gasteiger charge is -2.21. The van der Waals surface area contributed by atoms with E-state index in [1.807, 2.05) is 0 Å². The number of hydrogen-bond donors (Lipinski definition) is 1. The Kier molecular flexibility index (Phi) is 5.88. The Balaban J connectivity index is 2.07. The third kappa shape index (κ3) is 5.28. The van der Waals surface area contributed by atoms with Gasteiger partial charge in [0.15, 0.2) is 0 Å². The average molecular weight is 212 g/mol. The number of rotatable bonds is 6. The Morgan fingerprint density at radius 3 is 2.53 bits per heavy atom. The van der Waals surface area contributed by atoms with Gasteiger partial charge < -0.3 is 10.2 Å². The highest BCUT2D eigenvalue weighted by atomic mass is 16.1. The molecular formula is C12H24N2O. The lowest BCUT2D eigenvalue weighted by atomic mass is 9.91. The van der Waals surface area contributed by atoms with Crippen LogP contribution >= 0.6 is 0 Å². The maximum Gasteiger partial charge on any atom is 0.136 e. The molecule has 3 nitrogen and oxygen atoms in total. The van der Waals surface area contributed by atoms with Gasteiger partial charge in [0.1, 0.15) is 5.78 Å². The van der Waals surface area contributed by atoms with Gasteiger partial charge in [0.25, 0.3) is 0 Å². The topological polar surface area (TPSA) is 32.3 Å². The molecule has 0 bridgehead atoms. The quantitative estimate of drug-likeness (QED) is 0.673. The van der Waals surface area contributed by atoms with Gasteiger partial charge in [-0.15, -0.1) is 0 Å². The summed E-state index contributed by atoms with van der Waals surface area (Å²) in [6, 6.07) is 0. The Hall–Kier alpha value is -0.410. The molecule has 1 aliphatic heterocycles. The molecule has 0 amide bonds. The highest BCUT2D eigenvalue weighted by molar-refractivity contribution is 5.81. The molecule has 0 saturated carbocycles. The molecule has 0 aliphatic carbocycles. The zero-order valence-corrected chi connectivity index (χ0v) is 10.1. The zero-order chi connectivity index (χ0) is 11.1. The summed E-state index contributed by atoms with van der Waals surface area (Å²) in [7, 11) is 4.16. The first-order valence-electron chi connectivity index (χ1n) is 6.08. The van der Waals surface area contributed by atoms with E-state index in [-0.39, 0.29) is 0 Å². The molecule has 0 atom stereocenters. The molecule has 1 heterocycles. The number of hydrogen-bond acceptors (Lipinski definition) is 3. The summed E-state index contributed by atoms with van der Waals surface area (Å²) in [5.74, 6) is 0.848. The van der Waals surface area contributed by atoms with Gasteiger partial charge in [-0.2, -0.15) is 0 Å². The minimum atomic E-state index is 0.352. The first-order valence-corrected chi connectivity index (χ1v) is 6.08. The number of unbranched alkanes of at least 4 members (excludes halogenated alkanes) is 1. The third-order valence-electron chi connectivity index (χ3n) is 3.07. The Morgan fingerprint density at radius 1 is 1.27 bits per heavy atom. The number of piperidine rings is 1. The molecule has 3 heteroatoms. The van der Waals surface area contributed by atoms with Crippen LogP contribution < -0.4 is 5.32 Å². The van der Waals surface area contributed by atoms with Crippen LogP contribution in [0.3, 0.4) is 0 Å². The van der Waals surface area contributed by atoms with Crippen LogP contribution in [0.5, 0.6) is 0 Å². The van der Waals surface area contributed by atoms with E-state index in [2.05, 4.69) is 24.3 Å². The van der Waals surface area contributed by atoms with E-state index >= 15 is 0 Å². The van der Waals surface area contributed by atoms with Crippen LogP contribution in [0.25, 0.3) is 0 Å². The van der Waals surface area contributed by atoms with Gasteiger partial charge in [-0.3, -0.25) is 4.79 Å². The second-order valence-electron chi connectivity index (χ2n) is 4.75. The second kappa shape index (κ2) is 6.96. The minimum Gasteiger partial charge on any atom is -0.317 e. The van der Waals surface area contributed by atoms with E-state index in [1.54, 1.807) is 0 Å². The number of Topliss-reactive ketones (excluding diaryl/α,β-unsaturated/α-hetero) is 1. The van der Waals surface area contributed by atoms with E-state index in [1.165, 1.54) is 0 Å². The number of carbonyl (C=O) groups is 1. The molecule has 1 aliphatic rings. The van der Waals surface area contributed by atoms with E-state index in [0.29, 0.717) is 11.7 Å². The molecular weight excluding hydrogens is 188 g/mol. The van der Waals surface area contributed by atoms with E-state index in [0.717, 1.165) is 51.7 Å². The Labute approximate surface area is 93.2 Å². The van der Waals surface area contributed by atoms with E-state index in [9.17, 15) is 4.79 Å². The van der Waals surface area contributed by atoms with Crippen LogP contribution in [-0.2, 0) is 4.79 Å². The van der Waals surface area contributed by atoms with Crippen molar-refractivity contribution in [3.05, 3.63) is 0 Å². The number of nitrogens with zero attached hydrogens (tertiary/aromatic N) is 1. The molecule has 0 radical (unpaired) electrons. The molecule has 1 saturated heterocycles. The predicted molar refractivity (Wildman–Crippen MR) is 63.0 cm³/mol. The summed E-state index contributed by atoms with van der Waals surface area (Å²) in [6.07, 6.45) is 5.09. The van der Waals surface area contributed by atoms with Gasteiger partial charge in [0.05, 0.1) is 0 Å². The molecule has 88 valence electrons. The normalized spacial score (nSPS) is 18.3. The summed E-state index contributed by atoms with van der Waals surface area (Å²) >= 11 is 0. The fourth-order valence-electron chi connectivity index (χ4n) is 2.08. The lowest BCUT2D eigenvalue weighted by molar-refractivity contribution is -0.123. The molecule has 0 aromatic heterocycles. The van der Waals surface area contributed by atoms with Crippen LogP contribution in [0.2, 0.25) is 0 Å². The third-order valence-corrected chi connectivity index (χ3v) is 3.07. The summed E-state index contributed by atoms with van der Waals surface area (Å²) in [5, 5.41) is 3.29. The van der Waals surface area contributed by atoms with Crippen LogP contribution in [0.15, 0.2) is 0 Å². The average Bonchev–Trinajstić information content (AvgIpc) is 2.25. The smallest absolute Gasteiger partial charge is 0.136 e. The summed E-state index contributed by atoms with van der Waals surface area (Å²) in [4.78, 5) is 14.0. The fourth-order valence-corrected chi connectivity index (χ4v) is 2.08. The van der Waals surface area contributed by atoms with E-state index in [4.69, 9.17) is 0 Å². The van der Waals surface area contributed by atoms with Gasteiger partial charge in [-0.1, -0.05) is 0 Å².